The number of anilines is 1. The van der Waals surface area contributed by atoms with Crippen molar-refractivity contribution in [2.75, 3.05) is 25.0 Å². The topological polar surface area (TPSA) is 15.3 Å². The van der Waals surface area contributed by atoms with Gasteiger partial charge in [0, 0.05) is 19.1 Å². The molecule has 1 N–H and O–H groups in total. The molecule has 1 aliphatic rings. The summed E-state index contributed by atoms with van der Waals surface area (Å²) in [5.41, 5.74) is 1.75. The Hall–Kier alpha value is -1.09. The lowest BCUT2D eigenvalue weighted by molar-refractivity contribution is 0.598. The Labute approximate surface area is 109 Å². The van der Waals surface area contributed by atoms with Crippen molar-refractivity contribution >= 4 is 5.69 Å². The molecule has 0 radical (unpaired) electrons. The predicted octanol–water partition coefficient (Wildman–Crippen LogP) is 3.34. The van der Waals surface area contributed by atoms with E-state index in [0.29, 0.717) is 0 Å². The number of benzene rings is 1. The Morgan fingerprint density at radius 1 is 1.44 bits per heavy atom. The van der Waals surface area contributed by atoms with Crippen LogP contribution < -0.4 is 10.2 Å². The molecule has 1 fully saturated rings. The molecular formula is C15H23FN2. The zero-order valence-electron chi connectivity index (χ0n) is 11.5. The van der Waals surface area contributed by atoms with Crippen LogP contribution in [0.4, 0.5) is 10.1 Å². The molecule has 1 aliphatic carbocycles. The molecule has 0 amide bonds. The van der Waals surface area contributed by atoms with Crippen molar-refractivity contribution in [3.63, 3.8) is 0 Å². The molecule has 0 aromatic heterocycles. The smallest absolute Gasteiger partial charge is 0.146 e. The van der Waals surface area contributed by atoms with Crippen molar-refractivity contribution in [3.8, 4) is 0 Å². The molecule has 0 aliphatic heterocycles. The number of nitrogens with one attached hydrogen (secondary N) is 1. The first-order chi connectivity index (χ1) is 8.65. The first-order valence-electron chi connectivity index (χ1n) is 6.87. The van der Waals surface area contributed by atoms with Gasteiger partial charge in [0.25, 0.3) is 0 Å². The lowest BCUT2D eigenvalue weighted by atomic mass is 10.1. The summed E-state index contributed by atoms with van der Waals surface area (Å²) in [5, 5.41) is 3.13. The van der Waals surface area contributed by atoms with Gasteiger partial charge in [0.2, 0.25) is 0 Å². The van der Waals surface area contributed by atoms with Gasteiger partial charge in [-0.15, -0.1) is 0 Å². The minimum atomic E-state index is -0.0999. The third kappa shape index (κ3) is 3.02. The van der Waals surface area contributed by atoms with Gasteiger partial charge in [-0.25, -0.2) is 4.39 Å². The van der Waals surface area contributed by atoms with E-state index in [-0.39, 0.29) is 11.9 Å². The minimum absolute atomic E-state index is 0.0999. The fourth-order valence-corrected chi connectivity index (χ4v) is 2.23. The highest BCUT2D eigenvalue weighted by atomic mass is 19.1. The molecule has 1 atom stereocenters. The molecule has 18 heavy (non-hydrogen) atoms. The quantitative estimate of drug-likeness (QED) is 0.833. The van der Waals surface area contributed by atoms with E-state index in [1.165, 1.54) is 12.8 Å². The number of hydrogen-bond acceptors (Lipinski definition) is 2. The second-order valence-electron chi connectivity index (χ2n) is 5.20. The summed E-state index contributed by atoms with van der Waals surface area (Å²) >= 11 is 0. The molecule has 0 bridgehead atoms. The Morgan fingerprint density at radius 2 is 2.17 bits per heavy atom. The number of halogens is 1. The van der Waals surface area contributed by atoms with E-state index in [1.807, 2.05) is 26.1 Å². The van der Waals surface area contributed by atoms with Gasteiger partial charge in [-0.1, -0.05) is 6.07 Å². The van der Waals surface area contributed by atoms with Crippen molar-refractivity contribution in [2.24, 2.45) is 5.92 Å². The van der Waals surface area contributed by atoms with Gasteiger partial charge in [0.15, 0.2) is 0 Å². The van der Waals surface area contributed by atoms with E-state index in [9.17, 15) is 4.39 Å². The molecule has 100 valence electrons. The summed E-state index contributed by atoms with van der Waals surface area (Å²) in [6.07, 6.45) is 2.60. The van der Waals surface area contributed by atoms with Crippen LogP contribution in [0, 0.1) is 11.7 Å². The maximum Gasteiger partial charge on any atom is 0.146 e. The lowest BCUT2D eigenvalue weighted by Gasteiger charge is -2.24. The van der Waals surface area contributed by atoms with Crippen LogP contribution in [-0.4, -0.2) is 20.1 Å². The maximum atomic E-state index is 14.2. The maximum absolute atomic E-state index is 14.2. The average molecular weight is 250 g/mol. The van der Waals surface area contributed by atoms with Crippen LogP contribution in [-0.2, 0) is 0 Å². The Kier molecular flexibility index (Phi) is 4.23. The van der Waals surface area contributed by atoms with Gasteiger partial charge in [-0.05, 0) is 57.4 Å². The molecule has 2 nitrogen and oxygen atoms in total. The van der Waals surface area contributed by atoms with Crippen molar-refractivity contribution in [2.45, 2.75) is 32.7 Å². The average Bonchev–Trinajstić information content (AvgIpc) is 3.19. The third-order valence-electron chi connectivity index (χ3n) is 3.80. The molecule has 1 aromatic carbocycles. The first kappa shape index (κ1) is 13.3. The van der Waals surface area contributed by atoms with Gasteiger partial charge in [0.05, 0.1) is 5.69 Å². The van der Waals surface area contributed by atoms with E-state index in [0.717, 1.165) is 30.3 Å². The fraction of sp³-hybridized carbons (Fsp3) is 0.600. The van der Waals surface area contributed by atoms with Crippen LogP contribution in [0.15, 0.2) is 18.2 Å². The van der Waals surface area contributed by atoms with Gasteiger partial charge in [-0.3, -0.25) is 0 Å². The Balaban J connectivity index is 2.16. The zero-order chi connectivity index (χ0) is 13.1. The van der Waals surface area contributed by atoms with Crippen LogP contribution >= 0.6 is 0 Å². The molecule has 0 saturated heterocycles. The molecule has 2 rings (SSSR count). The van der Waals surface area contributed by atoms with E-state index in [1.54, 1.807) is 6.07 Å². The largest absolute Gasteiger partial charge is 0.369 e. The van der Waals surface area contributed by atoms with Crippen molar-refractivity contribution in [1.82, 2.24) is 5.32 Å². The monoisotopic (exact) mass is 250 g/mol. The predicted molar refractivity (Wildman–Crippen MR) is 74.5 cm³/mol. The lowest BCUT2D eigenvalue weighted by Crippen LogP contribution is -2.26. The highest BCUT2D eigenvalue weighted by molar-refractivity contribution is 5.49. The van der Waals surface area contributed by atoms with Crippen LogP contribution in [0.3, 0.4) is 0 Å². The van der Waals surface area contributed by atoms with E-state index >= 15 is 0 Å². The van der Waals surface area contributed by atoms with Gasteiger partial charge < -0.3 is 10.2 Å². The zero-order valence-corrected chi connectivity index (χ0v) is 11.5. The summed E-state index contributed by atoms with van der Waals surface area (Å²) in [4.78, 5) is 2.15. The van der Waals surface area contributed by atoms with E-state index in [4.69, 9.17) is 0 Å². The van der Waals surface area contributed by atoms with Crippen LogP contribution in [0.25, 0.3) is 0 Å². The Bertz CT molecular complexity index is 401. The summed E-state index contributed by atoms with van der Waals surface area (Å²) in [7, 11) is 1.89. The second kappa shape index (κ2) is 5.70. The number of hydrogen-bond donors (Lipinski definition) is 1. The SMILES string of the molecule is CCN(CC1CC1)c1ccc(C(C)NC)cc1F. The molecule has 1 saturated carbocycles. The van der Waals surface area contributed by atoms with Gasteiger partial charge in [0.1, 0.15) is 5.82 Å². The first-order valence-corrected chi connectivity index (χ1v) is 6.87. The molecule has 0 spiro atoms. The molecule has 3 heteroatoms. The van der Waals surface area contributed by atoms with Gasteiger partial charge in [-0.2, -0.15) is 0 Å². The third-order valence-corrected chi connectivity index (χ3v) is 3.80. The van der Waals surface area contributed by atoms with Crippen LogP contribution in [0.1, 0.15) is 38.3 Å². The summed E-state index contributed by atoms with van der Waals surface area (Å²) in [6.45, 7) is 5.99. The van der Waals surface area contributed by atoms with Gasteiger partial charge >= 0.3 is 0 Å². The minimum Gasteiger partial charge on any atom is -0.369 e. The van der Waals surface area contributed by atoms with Crippen LogP contribution in [0.2, 0.25) is 0 Å². The Morgan fingerprint density at radius 3 is 2.67 bits per heavy atom. The summed E-state index contributed by atoms with van der Waals surface area (Å²) < 4.78 is 14.2. The fourth-order valence-electron chi connectivity index (χ4n) is 2.23. The van der Waals surface area contributed by atoms with Crippen LogP contribution in [0.5, 0.6) is 0 Å². The van der Waals surface area contributed by atoms with Crippen molar-refractivity contribution in [3.05, 3.63) is 29.6 Å². The molecule has 1 unspecified atom stereocenters. The van der Waals surface area contributed by atoms with Crippen molar-refractivity contribution in [1.29, 1.82) is 0 Å². The molecular weight excluding hydrogens is 227 g/mol. The van der Waals surface area contributed by atoms with E-state index in [2.05, 4.69) is 17.1 Å². The number of rotatable bonds is 6. The molecule has 0 heterocycles. The number of nitrogens with zero attached hydrogens (tertiary/aromatic N) is 1. The summed E-state index contributed by atoms with van der Waals surface area (Å²) in [6, 6.07) is 5.79. The standard InChI is InChI=1S/C15H23FN2/c1-4-18(10-12-5-6-12)15-8-7-13(9-14(15)16)11(2)17-3/h7-9,11-12,17H,4-6,10H2,1-3H3. The highest BCUT2D eigenvalue weighted by Gasteiger charge is 2.25. The van der Waals surface area contributed by atoms with E-state index < -0.39 is 0 Å². The second-order valence-corrected chi connectivity index (χ2v) is 5.20. The summed E-state index contributed by atoms with van der Waals surface area (Å²) in [5.74, 6) is 0.678. The van der Waals surface area contributed by atoms with Crippen molar-refractivity contribution < 1.29 is 4.39 Å². The molecule has 1 aromatic rings. The normalized spacial score (nSPS) is 16.7. The highest BCUT2D eigenvalue weighted by Crippen LogP contribution is 2.32.